The lowest BCUT2D eigenvalue weighted by Crippen LogP contribution is -2.38. The number of amides is 1. The summed E-state index contributed by atoms with van der Waals surface area (Å²) in [6, 6.07) is 27.5. The molecule has 0 aliphatic carbocycles. The number of para-hydroxylation sites is 2. The van der Waals surface area contributed by atoms with Gasteiger partial charge in [-0.05, 0) is 24.3 Å². The fraction of sp³-hybridized carbons (Fsp3) is 0.0435. The first-order chi connectivity index (χ1) is 13.8. The Morgan fingerprint density at radius 1 is 0.786 bits per heavy atom. The first kappa shape index (κ1) is 16.3. The molecule has 2 N–H and O–H groups in total. The van der Waals surface area contributed by atoms with E-state index in [1.54, 1.807) is 0 Å². The van der Waals surface area contributed by atoms with Gasteiger partial charge in [0.2, 0.25) is 0 Å². The molecule has 0 fully saturated rings. The van der Waals surface area contributed by atoms with Gasteiger partial charge in [0, 0.05) is 23.0 Å². The van der Waals surface area contributed by atoms with E-state index >= 15 is 0 Å². The molecule has 0 saturated carbocycles. The summed E-state index contributed by atoms with van der Waals surface area (Å²) in [6.07, 6.45) is 1.61. The van der Waals surface area contributed by atoms with Gasteiger partial charge < -0.3 is 10.6 Å². The number of hydrogen-bond donors (Lipinski definition) is 2. The normalized spacial score (nSPS) is 15.4. The second-order valence-electron chi connectivity index (χ2n) is 6.68. The quantitative estimate of drug-likeness (QED) is 0.565. The molecule has 28 heavy (non-hydrogen) atoms. The van der Waals surface area contributed by atoms with E-state index in [0.717, 1.165) is 28.2 Å². The summed E-state index contributed by atoms with van der Waals surface area (Å²) < 4.78 is 1.85. The summed E-state index contributed by atoms with van der Waals surface area (Å²) in [5.74, 6) is -0.0918. The van der Waals surface area contributed by atoms with Gasteiger partial charge in [-0.1, -0.05) is 60.7 Å². The maximum atomic E-state index is 12.6. The van der Waals surface area contributed by atoms with Crippen LogP contribution in [0, 0.1) is 0 Å². The van der Waals surface area contributed by atoms with Crippen molar-refractivity contribution in [1.82, 2.24) is 15.1 Å². The van der Waals surface area contributed by atoms with Gasteiger partial charge in [0.1, 0.15) is 6.17 Å². The predicted octanol–water partition coefficient (Wildman–Crippen LogP) is 4.39. The molecule has 4 aromatic rings. The van der Waals surface area contributed by atoms with Gasteiger partial charge in [0.25, 0.3) is 5.91 Å². The molecule has 136 valence electrons. The zero-order valence-corrected chi connectivity index (χ0v) is 15.0. The van der Waals surface area contributed by atoms with Crippen LogP contribution in [0.25, 0.3) is 16.9 Å². The Labute approximate surface area is 162 Å². The van der Waals surface area contributed by atoms with Crippen LogP contribution < -0.4 is 10.6 Å². The van der Waals surface area contributed by atoms with Crippen molar-refractivity contribution in [3.63, 3.8) is 0 Å². The number of nitrogens with zero attached hydrogens (tertiary/aromatic N) is 2. The second-order valence-corrected chi connectivity index (χ2v) is 6.68. The maximum Gasteiger partial charge on any atom is 0.255 e. The highest BCUT2D eigenvalue weighted by Crippen LogP contribution is 2.32. The van der Waals surface area contributed by atoms with Crippen molar-refractivity contribution < 1.29 is 4.79 Å². The molecule has 0 spiro atoms. The highest BCUT2D eigenvalue weighted by molar-refractivity contribution is 6.01. The molecular formula is C23H18N4O. The van der Waals surface area contributed by atoms with E-state index in [-0.39, 0.29) is 12.1 Å². The molecule has 2 heterocycles. The van der Waals surface area contributed by atoms with Crippen LogP contribution >= 0.6 is 0 Å². The Morgan fingerprint density at radius 3 is 2.25 bits per heavy atom. The van der Waals surface area contributed by atoms with E-state index in [4.69, 9.17) is 5.10 Å². The summed E-state index contributed by atoms with van der Waals surface area (Å²) in [5, 5.41) is 11.3. The monoisotopic (exact) mass is 366 g/mol. The first-order valence-corrected chi connectivity index (χ1v) is 9.16. The lowest BCUT2D eigenvalue weighted by atomic mass is 10.0. The maximum absolute atomic E-state index is 12.6. The number of nitrogens with one attached hydrogen (secondary N) is 2. The van der Waals surface area contributed by atoms with E-state index in [1.807, 2.05) is 95.8 Å². The standard InChI is InChI=1S/C23H18N4O/c28-23-18-13-7-8-14-20(18)24-22(25-23)19-15-27(17-11-5-2-6-12-17)26-21(19)16-9-3-1-4-10-16/h1-15,22,24H,(H,25,28). The average molecular weight is 366 g/mol. The molecule has 0 saturated heterocycles. The van der Waals surface area contributed by atoms with Gasteiger partial charge in [0.15, 0.2) is 0 Å². The molecule has 1 aromatic heterocycles. The van der Waals surface area contributed by atoms with Crippen molar-refractivity contribution >= 4 is 11.6 Å². The van der Waals surface area contributed by atoms with Crippen LogP contribution in [0.1, 0.15) is 22.1 Å². The summed E-state index contributed by atoms with van der Waals surface area (Å²) in [5.41, 5.74) is 5.19. The van der Waals surface area contributed by atoms with Crippen molar-refractivity contribution in [3.05, 3.63) is 102 Å². The number of hydrogen-bond acceptors (Lipinski definition) is 3. The van der Waals surface area contributed by atoms with Crippen molar-refractivity contribution in [2.45, 2.75) is 6.17 Å². The number of aromatic nitrogens is 2. The third kappa shape index (κ3) is 2.83. The topological polar surface area (TPSA) is 59.0 Å². The van der Waals surface area contributed by atoms with Crippen molar-refractivity contribution in [2.75, 3.05) is 5.32 Å². The third-order valence-electron chi connectivity index (χ3n) is 4.87. The summed E-state index contributed by atoms with van der Waals surface area (Å²) in [7, 11) is 0. The van der Waals surface area contributed by atoms with Gasteiger partial charge in [-0.25, -0.2) is 4.68 Å². The molecule has 0 radical (unpaired) electrons. The molecule has 5 heteroatoms. The van der Waals surface area contributed by atoms with Crippen molar-refractivity contribution in [2.24, 2.45) is 0 Å². The van der Waals surface area contributed by atoms with E-state index in [9.17, 15) is 4.79 Å². The molecule has 0 bridgehead atoms. The molecule has 1 unspecified atom stereocenters. The van der Waals surface area contributed by atoms with Gasteiger partial charge in [-0.2, -0.15) is 5.10 Å². The van der Waals surface area contributed by atoms with E-state index in [1.165, 1.54) is 0 Å². The Bertz CT molecular complexity index is 1140. The third-order valence-corrected chi connectivity index (χ3v) is 4.87. The van der Waals surface area contributed by atoms with Crippen molar-refractivity contribution in [1.29, 1.82) is 0 Å². The highest BCUT2D eigenvalue weighted by Gasteiger charge is 2.28. The Morgan fingerprint density at radius 2 is 1.46 bits per heavy atom. The SMILES string of the molecule is O=C1NC(c2cn(-c3ccccc3)nc2-c2ccccc2)Nc2ccccc21. The van der Waals surface area contributed by atoms with Gasteiger partial charge in [-0.15, -0.1) is 0 Å². The molecule has 5 rings (SSSR count). The smallest absolute Gasteiger partial charge is 0.255 e. The van der Waals surface area contributed by atoms with E-state index < -0.39 is 0 Å². The molecule has 1 aliphatic heterocycles. The first-order valence-electron chi connectivity index (χ1n) is 9.16. The van der Waals surface area contributed by atoms with Gasteiger partial charge in [0.05, 0.1) is 16.9 Å². The number of fused-ring (bicyclic) bond motifs is 1. The molecule has 5 nitrogen and oxygen atoms in total. The summed E-state index contributed by atoms with van der Waals surface area (Å²) >= 11 is 0. The fourth-order valence-corrected chi connectivity index (χ4v) is 3.49. The van der Waals surface area contributed by atoms with E-state index in [0.29, 0.717) is 5.56 Å². The lowest BCUT2D eigenvalue weighted by molar-refractivity contribution is 0.0936. The minimum absolute atomic E-state index is 0.0918. The van der Waals surface area contributed by atoms with Crippen LogP contribution in [0.15, 0.2) is 91.1 Å². The van der Waals surface area contributed by atoms with Crippen LogP contribution in [-0.2, 0) is 0 Å². The number of benzene rings is 3. The van der Waals surface area contributed by atoms with Gasteiger partial charge in [-0.3, -0.25) is 4.79 Å². The zero-order valence-electron chi connectivity index (χ0n) is 15.0. The Balaban J connectivity index is 1.62. The number of carbonyl (C=O) groups is 1. The van der Waals surface area contributed by atoms with Crippen LogP contribution in [0.5, 0.6) is 0 Å². The number of rotatable bonds is 3. The van der Waals surface area contributed by atoms with Crippen LogP contribution in [0.2, 0.25) is 0 Å². The molecule has 3 aromatic carbocycles. The Hall–Kier alpha value is -3.86. The molecular weight excluding hydrogens is 348 g/mol. The summed E-state index contributed by atoms with van der Waals surface area (Å²) in [6.45, 7) is 0. The minimum Gasteiger partial charge on any atom is -0.361 e. The highest BCUT2D eigenvalue weighted by atomic mass is 16.2. The number of carbonyl (C=O) groups excluding carboxylic acids is 1. The molecule has 1 atom stereocenters. The largest absolute Gasteiger partial charge is 0.361 e. The Kier molecular flexibility index (Phi) is 3.91. The fourth-order valence-electron chi connectivity index (χ4n) is 3.49. The van der Waals surface area contributed by atoms with Crippen LogP contribution in [0.4, 0.5) is 5.69 Å². The zero-order chi connectivity index (χ0) is 18.9. The predicted molar refractivity (Wildman–Crippen MR) is 109 cm³/mol. The van der Waals surface area contributed by atoms with Crippen LogP contribution in [0.3, 0.4) is 0 Å². The number of anilines is 1. The second kappa shape index (κ2) is 6.70. The molecule has 1 aliphatic rings. The minimum atomic E-state index is -0.366. The van der Waals surface area contributed by atoms with Crippen molar-refractivity contribution in [3.8, 4) is 16.9 Å². The van der Waals surface area contributed by atoms with Gasteiger partial charge >= 0.3 is 0 Å². The molecule has 1 amide bonds. The average Bonchev–Trinajstić information content (AvgIpc) is 3.21. The summed E-state index contributed by atoms with van der Waals surface area (Å²) in [4.78, 5) is 12.6. The van der Waals surface area contributed by atoms with E-state index in [2.05, 4.69) is 10.6 Å². The van der Waals surface area contributed by atoms with Crippen LogP contribution in [-0.4, -0.2) is 15.7 Å². The lowest BCUT2D eigenvalue weighted by Gasteiger charge is -2.27.